The van der Waals surface area contributed by atoms with Gasteiger partial charge in [-0.15, -0.1) is 10.2 Å². The first-order valence-electron chi connectivity index (χ1n) is 9.60. The molecule has 1 aliphatic rings. The van der Waals surface area contributed by atoms with Gasteiger partial charge in [-0.1, -0.05) is 29.5 Å². The van der Waals surface area contributed by atoms with Crippen molar-refractivity contribution >= 4 is 33.3 Å². The Kier molecular flexibility index (Phi) is 4.67. The number of rotatable bonds is 5. The van der Waals surface area contributed by atoms with Crippen molar-refractivity contribution in [2.75, 3.05) is 18.6 Å². The van der Waals surface area contributed by atoms with Crippen LogP contribution in [0, 0.1) is 0 Å². The van der Waals surface area contributed by atoms with E-state index in [2.05, 4.69) is 10.2 Å². The summed E-state index contributed by atoms with van der Waals surface area (Å²) in [4.78, 5) is 28.3. The Morgan fingerprint density at radius 1 is 1.16 bits per heavy atom. The molecular formula is C22H17N3O5S. The highest BCUT2D eigenvalue weighted by Gasteiger charge is 2.45. The summed E-state index contributed by atoms with van der Waals surface area (Å²) in [5, 5.41) is 8.72. The number of fused-ring (bicyclic) bond motifs is 2. The Hall–Kier alpha value is -3.72. The van der Waals surface area contributed by atoms with Gasteiger partial charge in [-0.3, -0.25) is 14.5 Å². The number of para-hydroxylation sites is 1. The number of aromatic nitrogens is 2. The molecule has 4 aromatic rings. The molecule has 9 heteroatoms. The molecule has 2 aromatic heterocycles. The minimum Gasteiger partial charge on any atom is -0.493 e. The molecule has 8 nitrogen and oxygen atoms in total. The van der Waals surface area contributed by atoms with Crippen molar-refractivity contribution in [1.29, 1.82) is 0 Å². The smallest absolute Gasteiger partial charge is 0.297 e. The van der Waals surface area contributed by atoms with Gasteiger partial charge in [0.05, 0.1) is 30.7 Å². The van der Waals surface area contributed by atoms with E-state index in [0.717, 1.165) is 0 Å². The second-order valence-electron chi connectivity index (χ2n) is 6.81. The molecule has 31 heavy (non-hydrogen) atoms. The Labute approximate surface area is 180 Å². The number of hydrogen-bond donors (Lipinski definition) is 0. The summed E-state index contributed by atoms with van der Waals surface area (Å²) in [5.74, 6) is 0.651. The van der Waals surface area contributed by atoms with Crippen molar-refractivity contribution in [2.45, 2.75) is 13.0 Å². The van der Waals surface area contributed by atoms with Crippen LogP contribution < -0.4 is 19.8 Å². The molecule has 1 atom stereocenters. The predicted octanol–water partition coefficient (Wildman–Crippen LogP) is 3.80. The second kappa shape index (κ2) is 7.51. The Bertz CT molecular complexity index is 1350. The maximum Gasteiger partial charge on any atom is 0.297 e. The fourth-order valence-electron chi connectivity index (χ4n) is 3.83. The maximum atomic E-state index is 13.5. The maximum absolute atomic E-state index is 13.5. The Morgan fingerprint density at radius 2 is 2.00 bits per heavy atom. The zero-order valence-corrected chi connectivity index (χ0v) is 17.5. The fourth-order valence-corrected chi connectivity index (χ4v) is 4.42. The van der Waals surface area contributed by atoms with E-state index in [4.69, 9.17) is 13.9 Å². The summed E-state index contributed by atoms with van der Waals surface area (Å²) in [5.41, 5.74) is 2.58. The standard InChI is InChI=1S/C22H17N3O5S/c1-3-29-15-9-8-12(10-16(15)28-2)18-17-19(26)13-6-4-5-7-14(13)30-20(17)21(27)25(18)22-24-23-11-31-22/h4-11,18H,3H2,1-2H3/t18-/m0/s1. The van der Waals surface area contributed by atoms with E-state index in [9.17, 15) is 9.59 Å². The molecule has 5 rings (SSSR count). The van der Waals surface area contributed by atoms with E-state index in [1.807, 2.05) is 13.0 Å². The molecule has 0 saturated carbocycles. The molecule has 1 amide bonds. The van der Waals surface area contributed by atoms with E-state index in [1.165, 1.54) is 21.7 Å². The lowest BCUT2D eigenvalue weighted by atomic mass is 9.98. The zero-order valence-electron chi connectivity index (χ0n) is 16.7. The van der Waals surface area contributed by atoms with Crippen molar-refractivity contribution in [2.24, 2.45) is 0 Å². The molecule has 2 aromatic carbocycles. The number of ether oxygens (including phenoxy) is 2. The van der Waals surface area contributed by atoms with E-state index < -0.39 is 11.9 Å². The first-order valence-corrected chi connectivity index (χ1v) is 10.5. The minimum absolute atomic E-state index is 0.0109. The highest BCUT2D eigenvalue weighted by atomic mass is 32.1. The van der Waals surface area contributed by atoms with Gasteiger partial charge < -0.3 is 13.9 Å². The van der Waals surface area contributed by atoms with Crippen LogP contribution in [0.1, 0.15) is 34.6 Å². The normalized spacial score (nSPS) is 15.4. The minimum atomic E-state index is -0.735. The van der Waals surface area contributed by atoms with Crippen molar-refractivity contribution in [3.8, 4) is 11.5 Å². The molecule has 0 unspecified atom stereocenters. The van der Waals surface area contributed by atoms with E-state index >= 15 is 0 Å². The van der Waals surface area contributed by atoms with Crippen LogP contribution in [-0.4, -0.2) is 29.8 Å². The quantitative estimate of drug-likeness (QED) is 0.470. The molecule has 1 aliphatic heterocycles. The van der Waals surface area contributed by atoms with Gasteiger partial charge >= 0.3 is 0 Å². The van der Waals surface area contributed by atoms with E-state index in [0.29, 0.717) is 39.8 Å². The van der Waals surface area contributed by atoms with Gasteiger partial charge in [0, 0.05) is 0 Å². The lowest BCUT2D eigenvalue weighted by Gasteiger charge is -2.23. The molecule has 3 heterocycles. The molecule has 0 aliphatic carbocycles. The van der Waals surface area contributed by atoms with Gasteiger partial charge in [0.15, 0.2) is 16.9 Å². The first-order chi connectivity index (χ1) is 15.1. The van der Waals surface area contributed by atoms with Gasteiger partial charge in [0.1, 0.15) is 11.1 Å². The molecule has 0 bridgehead atoms. The average molecular weight is 435 g/mol. The highest BCUT2D eigenvalue weighted by Crippen LogP contribution is 2.43. The Balaban J connectivity index is 1.77. The molecule has 156 valence electrons. The number of carbonyl (C=O) groups excluding carboxylic acids is 1. The van der Waals surface area contributed by atoms with Crippen LogP contribution in [0.5, 0.6) is 11.5 Å². The number of benzene rings is 2. The van der Waals surface area contributed by atoms with Crippen LogP contribution in [0.15, 0.2) is 57.2 Å². The van der Waals surface area contributed by atoms with Gasteiger partial charge in [-0.25, -0.2) is 0 Å². The first kappa shape index (κ1) is 19.3. The summed E-state index contributed by atoms with van der Waals surface area (Å²) in [6.45, 7) is 2.36. The summed E-state index contributed by atoms with van der Waals surface area (Å²) < 4.78 is 17.0. The number of nitrogens with zero attached hydrogens (tertiary/aromatic N) is 3. The largest absolute Gasteiger partial charge is 0.493 e. The van der Waals surface area contributed by atoms with Crippen molar-refractivity contribution in [3.05, 3.63) is 75.1 Å². The predicted molar refractivity (Wildman–Crippen MR) is 115 cm³/mol. The van der Waals surface area contributed by atoms with Crippen molar-refractivity contribution < 1.29 is 18.7 Å². The highest BCUT2D eigenvalue weighted by molar-refractivity contribution is 7.13. The SMILES string of the molecule is CCOc1ccc([C@H]2c3c(oc4ccccc4c3=O)C(=O)N2c2nncs2)cc1OC. The lowest BCUT2D eigenvalue weighted by Crippen LogP contribution is -2.29. The van der Waals surface area contributed by atoms with Crippen molar-refractivity contribution in [1.82, 2.24) is 10.2 Å². The summed E-state index contributed by atoms with van der Waals surface area (Å²) >= 11 is 1.21. The molecule has 0 radical (unpaired) electrons. The van der Waals surface area contributed by atoms with Gasteiger partial charge in [-0.2, -0.15) is 0 Å². The molecule has 0 spiro atoms. The summed E-state index contributed by atoms with van der Waals surface area (Å²) in [6, 6.07) is 11.5. The number of carbonyl (C=O) groups is 1. The van der Waals surface area contributed by atoms with Crippen molar-refractivity contribution in [3.63, 3.8) is 0 Å². The van der Waals surface area contributed by atoms with Gasteiger partial charge in [0.25, 0.3) is 5.91 Å². The fraction of sp³-hybridized carbons (Fsp3) is 0.182. The average Bonchev–Trinajstić information content (AvgIpc) is 3.41. The van der Waals surface area contributed by atoms with Gasteiger partial charge in [0.2, 0.25) is 10.9 Å². The molecule has 0 fully saturated rings. The summed E-state index contributed by atoms with van der Waals surface area (Å²) in [6.07, 6.45) is 0. The summed E-state index contributed by atoms with van der Waals surface area (Å²) in [7, 11) is 1.54. The topological polar surface area (TPSA) is 94.8 Å². The van der Waals surface area contributed by atoms with E-state index in [1.54, 1.807) is 43.5 Å². The van der Waals surface area contributed by atoms with Crippen LogP contribution in [-0.2, 0) is 0 Å². The monoisotopic (exact) mass is 435 g/mol. The molecular weight excluding hydrogens is 418 g/mol. The number of amides is 1. The third-order valence-corrected chi connectivity index (χ3v) is 5.82. The van der Waals surface area contributed by atoms with E-state index in [-0.39, 0.29) is 16.8 Å². The van der Waals surface area contributed by atoms with Crippen LogP contribution in [0.3, 0.4) is 0 Å². The number of anilines is 1. The number of methoxy groups -OCH3 is 1. The van der Waals surface area contributed by atoms with Gasteiger partial charge in [-0.05, 0) is 36.8 Å². The lowest BCUT2D eigenvalue weighted by molar-refractivity contribution is 0.0970. The Morgan fingerprint density at radius 3 is 2.74 bits per heavy atom. The van der Waals surface area contributed by atoms with Crippen LogP contribution >= 0.6 is 11.3 Å². The van der Waals surface area contributed by atoms with Crippen LogP contribution in [0.25, 0.3) is 11.0 Å². The number of hydrogen-bond acceptors (Lipinski definition) is 8. The van der Waals surface area contributed by atoms with Crippen LogP contribution in [0.4, 0.5) is 5.13 Å². The molecule has 0 saturated heterocycles. The van der Waals surface area contributed by atoms with Crippen LogP contribution in [0.2, 0.25) is 0 Å². The molecule has 0 N–H and O–H groups in total. The third kappa shape index (κ3) is 2.97. The third-order valence-electron chi connectivity index (χ3n) is 5.14. The second-order valence-corrected chi connectivity index (χ2v) is 7.62. The zero-order chi connectivity index (χ0) is 21.5.